The Hall–Kier alpha value is -1.78. The van der Waals surface area contributed by atoms with Gasteiger partial charge < -0.3 is 15.1 Å². The fourth-order valence-corrected chi connectivity index (χ4v) is 2.17. The number of nitrogens with zero attached hydrogens (tertiary/aromatic N) is 2. The van der Waals surface area contributed by atoms with Gasteiger partial charge in [0.1, 0.15) is 11.7 Å². The summed E-state index contributed by atoms with van der Waals surface area (Å²) in [5.41, 5.74) is 7.74. The summed E-state index contributed by atoms with van der Waals surface area (Å²) >= 11 is 0. The number of rotatable bonds is 1. The fraction of sp³-hybridized carbons (Fsp3) is 0.417. The van der Waals surface area contributed by atoms with Crippen LogP contribution in [0.3, 0.4) is 0 Å². The summed E-state index contributed by atoms with van der Waals surface area (Å²) in [5, 5.41) is 0. The van der Waals surface area contributed by atoms with Gasteiger partial charge in [-0.05, 0) is 31.0 Å². The van der Waals surface area contributed by atoms with E-state index in [1.54, 1.807) is 18.2 Å². The van der Waals surface area contributed by atoms with Crippen molar-refractivity contribution in [3.05, 3.63) is 18.2 Å². The van der Waals surface area contributed by atoms with E-state index in [4.69, 9.17) is 10.2 Å². The zero-order valence-electron chi connectivity index (χ0n) is 9.40. The Balaban J connectivity index is 1.94. The fourth-order valence-electron chi connectivity index (χ4n) is 2.17. The van der Waals surface area contributed by atoms with Crippen LogP contribution in [0, 0.1) is 0 Å². The van der Waals surface area contributed by atoms with E-state index >= 15 is 0 Å². The number of hydrogen-bond donors (Lipinski definition) is 1. The lowest BCUT2D eigenvalue weighted by atomic mass is 10.1. The molecule has 2 N–H and O–H groups in total. The second-order valence-corrected chi connectivity index (χ2v) is 4.41. The van der Waals surface area contributed by atoms with Crippen LogP contribution in [0.1, 0.15) is 12.8 Å². The van der Waals surface area contributed by atoms with Crippen molar-refractivity contribution in [2.45, 2.75) is 19.0 Å². The van der Waals surface area contributed by atoms with Gasteiger partial charge in [0.15, 0.2) is 5.58 Å². The highest BCUT2D eigenvalue weighted by atomic mass is 19.1. The summed E-state index contributed by atoms with van der Waals surface area (Å²) < 4.78 is 18.9. The Morgan fingerprint density at radius 2 is 2.35 bits per heavy atom. The SMILES string of the molecule is Nc1ccc2oc(N3CCC[C@H](F)C3)nc2c1. The van der Waals surface area contributed by atoms with E-state index in [2.05, 4.69) is 4.98 Å². The van der Waals surface area contributed by atoms with Crippen LogP contribution in [0.25, 0.3) is 11.1 Å². The number of alkyl halides is 1. The molecule has 1 fully saturated rings. The van der Waals surface area contributed by atoms with E-state index in [-0.39, 0.29) is 0 Å². The monoisotopic (exact) mass is 235 g/mol. The normalized spacial score (nSPS) is 21.0. The molecule has 2 aromatic rings. The molecule has 1 saturated heterocycles. The van der Waals surface area contributed by atoms with E-state index in [0.717, 1.165) is 18.5 Å². The molecule has 1 aliphatic rings. The molecule has 1 aromatic heterocycles. The van der Waals surface area contributed by atoms with Crippen molar-refractivity contribution < 1.29 is 8.81 Å². The van der Waals surface area contributed by atoms with Crippen LogP contribution >= 0.6 is 0 Å². The number of piperidine rings is 1. The Labute approximate surface area is 98.2 Å². The summed E-state index contributed by atoms with van der Waals surface area (Å²) in [4.78, 5) is 6.20. The average Bonchev–Trinajstić information content (AvgIpc) is 2.72. The van der Waals surface area contributed by atoms with Gasteiger partial charge in [0, 0.05) is 12.2 Å². The van der Waals surface area contributed by atoms with E-state index in [1.165, 1.54) is 0 Å². The topological polar surface area (TPSA) is 55.3 Å². The molecular formula is C12H14FN3O. The highest BCUT2D eigenvalue weighted by Crippen LogP contribution is 2.26. The lowest BCUT2D eigenvalue weighted by molar-refractivity contribution is 0.281. The number of benzene rings is 1. The Morgan fingerprint density at radius 3 is 3.18 bits per heavy atom. The first-order valence-corrected chi connectivity index (χ1v) is 5.77. The molecule has 0 radical (unpaired) electrons. The zero-order chi connectivity index (χ0) is 11.8. The predicted octanol–water partition coefficient (Wildman–Crippen LogP) is 2.35. The molecule has 17 heavy (non-hydrogen) atoms. The van der Waals surface area contributed by atoms with Crippen molar-refractivity contribution in [2.75, 3.05) is 23.7 Å². The minimum atomic E-state index is -0.788. The van der Waals surface area contributed by atoms with E-state index < -0.39 is 6.17 Å². The van der Waals surface area contributed by atoms with Crippen molar-refractivity contribution in [3.63, 3.8) is 0 Å². The van der Waals surface area contributed by atoms with E-state index in [0.29, 0.717) is 30.3 Å². The maximum absolute atomic E-state index is 13.3. The molecule has 0 unspecified atom stereocenters. The molecule has 5 heteroatoms. The van der Waals surface area contributed by atoms with Crippen LogP contribution in [0.15, 0.2) is 22.6 Å². The number of anilines is 2. The third kappa shape index (κ3) is 1.92. The maximum Gasteiger partial charge on any atom is 0.298 e. The van der Waals surface area contributed by atoms with Gasteiger partial charge in [0.25, 0.3) is 6.01 Å². The first kappa shape index (κ1) is 10.4. The van der Waals surface area contributed by atoms with Gasteiger partial charge in [-0.15, -0.1) is 0 Å². The number of fused-ring (bicyclic) bond motifs is 1. The predicted molar refractivity (Wildman–Crippen MR) is 64.8 cm³/mol. The minimum absolute atomic E-state index is 0.363. The summed E-state index contributed by atoms with van der Waals surface area (Å²) in [6.07, 6.45) is 0.676. The van der Waals surface area contributed by atoms with Crippen molar-refractivity contribution in [1.82, 2.24) is 4.98 Å². The molecule has 1 aromatic carbocycles. The summed E-state index contributed by atoms with van der Waals surface area (Å²) in [7, 11) is 0. The van der Waals surface area contributed by atoms with Crippen LogP contribution in [0.4, 0.5) is 16.1 Å². The molecule has 0 spiro atoms. The van der Waals surface area contributed by atoms with Crippen molar-refractivity contribution in [2.24, 2.45) is 0 Å². The number of halogens is 1. The molecule has 1 atom stereocenters. The highest BCUT2D eigenvalue weighted by Gasteiger charge is 2.22. The van der Waals surface area contributed by atoms with Gasteiger partial charge in [-0.25, -0.2) is 4.39 Å². The molecule has 0 aliphatic carbocycles. The second kappa shape index (κ2) is 3.91. The number of nitrogens with two attached hydrogens (primary N) is 1. The standard InChI is InChI=1S/C12H14FN3O/c13-8-2-1-5-16(7-8)12-15-10-6-9(14)3-4-11(10)17-12/h3-4,6,8H,1-2,5,7,14H2/t8-/m0/s1. The summed E-state index contributed by atoms with van der Waals surface area (Å²) in [6, 6.07) is 5.82. The van der Waals surface area contributed by atoms with Gasteiger partial charge in [-0.1, -0.05) is 0 Å². The molecule has 4 nitrogen and oxygen atoms in total. The first-order chi connectivity index (χ1) is 8.22. The molecule has 1 aliphatic heterocycles. The number of hydrogen-bond acceptors (Lipinski definition) is 4. The molecule has 3 rings (SSSR count). The smallest absolute Gasteiger partial charge is 0.298 e. The average molecular weight is 235 g/mol. The van der Waals surface area contributed by atoms with E-state index in [1.807, 2.05) is 4.90 Å². The van der Waals surface area contributed by atoms with Crippen LogP contribution < -0.4 is 10.6 Å². The lowest BCUT2D eigenvalue weighted by Gasteiger charge is -2.27. The molecule has 2 heterocycles. The van der Waals surface area contributed by atoms with Crippen molar-refractivity contribution in [3.8, 4) is 0 Å². The molecule has 0 amide bonds. The van der Waals surface area contributed by atoms with Crippen LogP contribution in [-0.4, -0.2) is 24.2 Å². The Morgan fingerprint density at radius 1 is 1.47 bits per heavy atom. The highest BCUT2D eigenvalue weighted by molar-refractivity contribution is 5.78. The number of aromatic nitrogens is 1. The van der Waals surface area contributed by atoms with E-state index in [9.17, 15) is 4.39 Å². The van der Waals surface area contributed by atoms with Gasteiger partial charge in [0.05, 0.1) is 6.54 Å². The van der Waals surface area contributed by atoms with Gasteiger partial charge in [-0.2, -0.15) is 4.98 Å². The summed E-state index contributed by atoms with van der Waals surface area (Å²) in [6.45, 7) is 1.16. The van der Waals surface area contributed by atoms with Crippen molar-refractivity contribution in [1.29, 1.82) is 0 Å². The Bertz CT molecular complexity index is 540. The third-order valence-electron chi connectivity index (χ3n) is 3.03. The molecular weight excluding hydrogens is 221 g/mol. The van der Waals surface area contributed by atoms with Crippen LogP contribution in [-0.2, 0) is 0 Å². The zero-order valence-corrected chi connectivity index (χ0v) is 9.40. The maximum atomic E-state index is 13.3. The number of nitrogen functional groups attached to an aromatic ring is 1. The molecule has 0 bridgehead atoms. The van der Waals surface area contributed by atoms with Crippen molar-refractivity contribution >= 4 is 22.8 Å². The second-order valence-electron chi connectivity index (χ2n) is 4.41. The molecule has 90 valence electrons. The first-order valence-electron chi connectivity index (χ1n) is 5.77. The molecule has 0 saturated carbocycles. The lowest BCUT2D eigenvalue weighted by Crippen LogP contribution is -2.36. The minimum Gasteiger partial charge on any atom is -0.423 e. The van der Waals surface area contributed by atoms with Crippen LogP contribution in [0.2, 0.25) is 0 Å². The summed E-state index contributed by atoms with van der Waals surface area (Å²) in [5.74, 6) is 0. The van der Waals surface area contributed by atoms with Crippen LogP contribution in [0.5, 0.6) is 0 Å². The Kier molecular flexibility index (Phi) is 2.39. The quantitative estimate of drug-likeness (QED) is 0.771. The number of oxazole rings is 1. The third-order valence-corrected chi connectivity index (χ3v) is 3.03. The largest absolute Gasteiger partial charge is 0.423 e. The van der Waals surface area contributed by atoms with Gasteiger partial charge in [-0.3, -0.25) is 0 Å². The van der Waals surface area contributed by atoms with Gasteiger partial charge in [0.2, 0.25) is 0 Å². The van der Waals surface area contributed by atoms with Gasteiger partial charge >= 0.3 is 0 Å².